The number of aromatic nitrogens is 3. The van der Waals surface area contributed by atoms with E-state index in [0.717, 1.165) is 40.6 Å². The van der Waals surface area contributed by atoms with Crippen molar-refractivity contribution in [2.75, 3.05) is 11.1 Å². The van der Waals surface area contributed by atoms with Crippen molar-refractivity contribution < 1.29 is 4.79 Å². The zero-order valence-corrected chi connectivity index (χ0v) is 19.8. The molecule has 2 heterocycles. The number of allylic oxidation sites excluding steroid dienone is 2. The van der Waals surface area contributed by atoms with Crippen LogP contribution in [-0.2, 0) is 4.79 Å². The van der Waals surface area contributed by atoms with Gasteiger partial charge in [0.1, 0.15) is 6.04 Å². The number of benzene rings is 1. The molecule has 0 radical (unpaired) electrons. The first kappa shape index (κ1) is 21.7. The monoisotopic (exact) mass is 464 g/mol. The third-order valence-electron chi connectivity index (χ3n) is 5.55. The van der Waals surface area contributed by atoms with Gasteiger partial charge in [-0.1, -0.05) is 74.6 Å². The lowest BCUT2D eigenvalue weighted by Gasteiger charge is -2.38. The number of thioether (sulfide) groups is 1. The topological polar surface area (TPSA) is 59.8 Å². The van der Waals surface area contributed by atoms with E-state index in [2.05, 4.69) is 26.1 Å². The Kier molecular flexibility index (Phi) is 6.20. The van der Waals surface area contributed by atoms with Gasteiger partial charge in [-0.05, 0) is 30.4 Å². The van der Waals surface area contributed by atoms with Crippen LogP contribution < -0.4 is 5.32 Å². The van der Waals surface area contributed by atoms with Crippen LogP contribution >= 0.6 is 35.0 Å². The Morgan fingerprint density at radius 1 is 1.27 bits per heavy atom. The lowest BCUT2D eigenvalue weighted by molar-refractivity contribution is -0.118. The van der Waals surface area contributed by atoms with Crippen molar-refractivity contribution in [3.63, 3.8) is 0 Å². The van der Waals surface area contributed by atoms with Crippen LogP contribution in [-0.4, -0.2) is 26.3 Å². The molecule has 2 aromatic rings. The van der Waals surface area contributed by atoms with Gasteiger partial charge >= 0.3 is 0 Å². The Labute approximate surface area is 191 Å². The fourth-order valence-electron chi connectivity index (χ4n) is 4.18. The predicted octanol–water partition coefficient (Wildman–Crippen LogP) is 6.53. The Balaban J connectivity index is 1.77. The molecule has 1 atom stereocenters. The Morgan fingerprint density at radius 3 is 2.80 bits per heavy atom. The van der Waals surface area contributed by atoms with Crippen molar-refractivity contribution in [1.29, 1.82) is 0 Å². The lowest BCUT2D eigenvalue weighted by atomic mass is 9.73. The van der Waals surface area contributed by atoms with E-state index in [0.29, 0.717) is 22.4 Å². The molecule has 0 saturated carbocycles. The summed E-state index contributed by atoms with van der Waals surface area (Å²) in [6.45, 7) is 6.43. The minimum atomic E-state index is -0.401. The van der Waals surface area contributed by atoms with Crippen molar-refractivity contribution in [2.24, 2.45) is 5.41 Å². The molecule has 5 nitrogen and oxygen atoms in total. The third kappa shape index (κ3) is 4.27. The van der Waals surface area contributed by atoms with E-state index in [-0.39, 0.29) is 11.2 Å². The molecule has 0 bridgehead atoms. The highest BCUT2D eigenvalue weighted by atomic mass is 35.5. The zero-order valence-electron chi connectivity index (χ0n) is 17.5. The first-order valence-electron chi connectivity index (χ1n) is 10.4. The minimum Gasteiger partial charge on any atom is -0.328 e. The molecular weight excluding hydrogens is 439 g/mol. The normalized spacial score (nSPS) is 20.0. The number of fused-ring (bicyclic) bond motifs is 1. The van der Waals surface area contributed by atoms with Gasteiger partial charge in [0.2, 0.25) is 11.1 Å². The molecule has 1 N–H and O–H groups in total. The first-order valence-corrected chi connectivity index (χ1v) is 12.1. The van der Waals surface area contributed by atoms with Crippen LogP contribution in [0.4, 0.5) is 5.95 Å². The molecule has 1 aliphatic heterocycles. The van der Waals surface area contributed by atoms with E-state index in [9.17, 15) is 4.79 Å². The van der Waals surface area contributed by atoms with Crippen molar-refractivity contribution in [3.05, 3.63) is 45.1 Å². The molecule has 160 valence electrons. The van der Waals surface area contributed by atoms with Crippen LogP contribution in [0.25, 0.3) is 0 Å². The number of nitrogens with zero attached hydrogens (tertiary/aromatic N) is 3. The molecule has 0 saturated heterocycles. The number of carbonyl (C=O) groups is 1. The summed E-state index contributed by atoms with van der Waals surface area (Å²) in [5.74, 6) is 1.76. The summed E-state index contributed by atoms with van der Waals surface area (Å²) >= 11 is 14.4. The standard InChI is InChI=1S/C22H26Cl2N4OS/c1-4-5-6-9-30-21-26-20-25-16-11-22(2,3)12-17(29)18(16)19(28(20)27-21)14-8-7-13(23)10-15(14)24/h7-8,10,19H,4-6,9,11-12H2,1-3H3,(H,25,26,27)/t19-/m0/s1. The van der Waals surface area contributed by atoms with Gasteiger partial charge in [-0.25, -0.2) is 4.68 Å². The molecule has 1 aromatic carbocycles. The van der Waals surface area contributed by atoms with Gasteiger partial charge in [0.05, 0.1) is 0 Å². The van der Waals surface area contributed by atoms with E-state index < -0.39 is 6.04 Å². The molecule has 8 heteroatoms. The maximum absolute atomic E-state index is 13.2. The number of unbranched alkanes of at least 4 members (excludes halogenated alkanes) is 2. The number of hydrogen-bond acceptors (Lipinski definition) is 5. The van der Waals surface area contributed by atoms with E-state index >= 15 is 0 Å². The van der Waals surface area contributed by atoms with E-state index in [1.165, 1.54) is 12.8 Å². The first-order chi connectivity index (χ1) is 14.3. The zero-order chi connectivity index (χ0) is 21.5. The molecule has 0 unspecified atom stereocenters. The number of rotatable bonds is 6. The largest absolute Gasteiger partial charge is 0.328 e. The van der Waals surface area contributed by atoms with E-state index in [1.807, 2.05) is 10.7 Å². The highest BCUT2D eigenvalue weighted by Crippen LogP contribution is 2.47. The number of Topliss-reactive ketones (excluding diaryl/α,β-unsaturated/α-hetero) is 1. The van der Waals surface area contributed by atoms with Crippen molar-refractivity contribution >= 4 is 46.7 Å². The highest BCUT2D eigenvalue weighted by molar-refractivity contribution is 7.99. The van der Waals surface area contributed by atoms with Gasteiger partial charge in [-0.15, -0.1) is 5.10 Å². The molecule has 1 aliphatic carbocycles. The number of anilines is 1. The van der Waals surface area contributed by atoms with E-state index in [1.54, 1.807) is 23.9 Å². The summed E-state index contributed by atoms with van der Waals surface area (Å²) in [4.78, 5) is 18.0. The van der Waals surface area contributed by atoms with Crippen molar-refractivity contribution in [3.8, 4) is 0 Å². The van der Waals surface area contributed by atoms with Crippen LogP contribution in [0.3, 0.4) is 0 Å². The number of ketones is 1. The average Bonchev–Trinajstić information content (AvgIpc) is 3.05. The highest BCUT2D eigenvalue weighted by Gasteiger charge is 2.42. The fourth-order valence-corrected chi connectivity index (χ4v) is 5.52. The van der Waals surface area contributed by atoms with Gasteiger partial charge in [0.25, 0.3) is 0 Å². The maximum atomic E-state index is 13.2. The van der Waals surface area contributed by atoms with Crippen LogP contribution in [0.15, 0.2) is 34.6 Å². The third-order valence-corrected chi connectivity index (χ3v) is 7.03. The molecule has 30 heavy (non-hydrogen) atoms. The lowest BCUT2D eigenvalue weighted by Crippen LogP contribution is -2.36. The number of carbonyl (C=O) groups excluding carboxylic acids is 1. The van der Waals surface area contributed by atoms with Crippen LogP contribution in [0, 0.1) is 5.41 Å². The molecule has 0 amide bonds. The molecule has 2 aliphatic rings. The van der Waals surface area contributed by atoms with Crippen LogP contribution in [0.1, 0.15) is 64.5 Å². The van der Waals surface area contributed by atoms with Gasteiger partial charge in [0.15, 0.2) is 5.78 Å². The van der Waals surface area contributed by atoms with Gasteiger partial charge in [-0.3, -0.25) is 4.79 Å². The van der Waals surface area contributed by atoms with Crippen LogP contribution in [0.5, 0.6) is 0 Å². The second kappa shape index (κ2) is 8.56. The van der Waals surface area contributed by atoms with Gasteiger partial charge < -0.3 is 5.32 Å². The number of nitrogens with one attached hydrogen (secondary N) is 1. The number of hydrogen-bond donors (Lipinski definition) is 1. The molecular formula is C22H26Cl2N4OS. The predicted molar refractivity (Wildman–Crippen MR) is 124 cm³/mol. The molecule has 0 spiro atoms. The summed E-state index contributed by atoms with van der Waals surface area (Å²) in [6.07, 6.45) is 4.79. The van der Waals surface area contributed by atoms with Gasteiger partial charge in [-0.2, -0.15) is 4.98 Å². The second-order valence-electron chi connectivity index (χ2n) is 8.74. The summed E-state index contributed by atoms with van der Waals surface area (Å²) < 4.78 is 1.81. The van der Waals surface area contributed by atoms with E-state index in [4.69, 9.17) is 33.3 Å². The summed E-state index contributed by atoms with van der Waals surface area (Å²) in [5.41, 5.74) is 2.38. The quantitative estimate of drug-likeness (QED) is 0.389. The SMILES string of the molecule is CCCCCSc1nc2n(n1)[C@@H](c1ccc(Cl)cc1Cl)C1=C(CC(C)(C)CC1=O)N2. The molecule has 4 rings (SSSR count). The second-order valence-corrected chi connectivity index (χ2v) is 10.7. The average molecular weight is 465 g/mol. The Morgan fingerprint density at radius 2 is 2.07 bits per heavy atom. The molecule has 1 aromatic heterocycles. The fraction of sp³-hybridized carbons (Fsp3) is 0.500. The minimum absolute atomic E-state index is 0.100. The summed E-state index contributed by atoms with van der Waals surface area (Å²) in [7, 11) is 0. The summed E-state index contributed by atoms with van der Waals surface area (Å²) in [5, 5.41) is 9.97. The Hall–Kier alpha value is -1.50. The maximum Gasteiger partial charge on any atom is 0.227 e. The van der Waals surface area contributed by atoms with Crippen LogP contribution in [0.2, 0.25) is 10.0 Å². The Bertz CT molecular complexity index is 1010. The van der Waals surface area contributed by atoms with Crippen molar-refractivity contribution in [1.82, 2.24) is 14.8 Å². The summed E-state index contributed by atoms with van der Waals surface area (Å²) in [6, 6.07) is 5.01. The van der Waals surface area contributed by atoms with Gasteiger partial charge in [0, 0.05) is 39.1 Å². The number of halogens is 2. The molecule has 0 fully saturated rings. The van der Waals surface area contributed by atoms with Crippen molar-refractivity contribution in [2.45, 2.75) is 64.1 Å². The smallest absolute Gasteiger partial charge is 0.227 e.